The smallest absolute Gasteiger partial charge is 0.338 e. The first-order valence-corrected chi connectivity index (χ1v) is 10.3. The third kappa shape index (κ3) is 5.01. The van der Waals surface area contributed by atoms with E-state index >= 15 is 0 Å². The third-order valence-corrected chi connectivity index (χ3v) is 5.02. The predicted octanol–water partition coefficient (Wildman–Crippen LogP) is 5.27. The van der Waals surface area contributed by atoms with Crippen LogP contribution < -0.4 is 10.4 Å². The van der Waals surface area contributed by atoms with Crippen molar-refractivity contribution in [3.63, 3.8) is 0 Å². The molecule has 0 fully saturated rings. The van der Waals surface area contributed by atoms with Crippen LogP contribution in [-0.4, -0.2) is 35.0 Å². The maximum atomic E-state index is 13.9. The number of amidine groups is 1. The third-order valence-electron chi connectivity index (χ3n) is 3.99. The Bertz CT molecular complexity index is 831. The number of hydrazine groups is 1. The number of hydrogen-bond acceptors (Lipinski definition) is 6. The molecule has 152 valence electrons. The van der Waals surface area contributed by atoms with E-state index in [4.69, 9.17) is 27.9 Å². The van der Waals surface area contributed by atoms with Gasteiger partial charge in [0.05, 0.1) is 5.69 Å². The van der Waals surface area contributed by atoms with E-state index in [0.29, 0.717) is 5.02 Å². The SMILES string of the molecule is CSC1=NC(OC(c2ccc(Cl)cc2N2C=CC(C)N2)C(F)(F)F)CC(Cl)=N1. The molecule has 2 heterocycles. The van der Waals surface area contributed by atoms with E-state index in [1.165, 1.54) is 35.0 Å². The summed E-state index contributed by atoms with van der Waals surface area (Å²) in [7, 11) is 0. The molecule has 0 aliphatic carbocycles. The van der Waals surface area contributed by atoms with Crippen molar-refractivity contribution >= 4 is 51.0 Å². The van der Waals surface area contributed by atoms with Crippen molar-refractivity contribution in [1.82, 2.24) is 5.43 Å². The summed E-state index contributed by atoms with van der Waals surface area (Å²) in [4.78, 5) is 8.09. The normalized spacial score (nSPS) is 23.6. The van der Waals surface area contributed by atoms with Crippen LogP contribution in [0.4, 0.5) is 18.9 Å². The second-order valence-corrected chi connectivity index (χ2v) is 7.80. The highest BCUT2D eigenvalue weighted by molar-refractivity contribution is 8.13. The van der Waals surface area contributed by atoms with Crippen LogP contribution in [0.5, 0.6) is 0 Å². The van der Waals surface area contributed by atoms with E-state index in [1.54, 1.807) is 12.5 Å². The Labute approximate surface area is 174 Å². The van der Waals surface area contributed by atoms with Gasteiger partial charge >= 0.3 is 6.18 Å². The van der Waals surface area contributed by atoms with E-state index in [2.05, 4.69) is 15.4 Å². The first-order chi connectivity index (χ1) is 13.2. The molecule has 3 unspecified atom stereocenters. The van der Waals surface area contributed by atoms with Gasteiger partial charge in [-0.25, -0.2) is 15.4 Å². The van der Waals surface area contributed by atoms with Gasteiger partial charge in [-0.3, -0.25) is 5.01 Å². The van der Waals surface area contributed by atoms with Gasteiger partial charge in [-0.15, -0.1) is 0 Å². The fourth-order valence-electron chi connectivity index (χ4n) is 2.77. The summed E-state index contributed by atoms with van der Waals surface area (Å²) in [5.41, 5.74) is 3.21. The monoisotopic (exact) mass is 452 g/mol. The average Bonchev–Trinajstić information content (AvgIpc) is 3.05. The molecular weight excluding hydrogens is 436 g/mol. The minimum atomic E-state index is -4.67. The molecule has 28 heavy (non-hydrogen) atoms. The quantitative estimate of drug-likeness (QED) is 0.675. The predicted molar refractivity (Wildman–Crippen MR) is 108 cm³/mol. The molecule has 0 aromatic heterocycles. The fraction of sp³-hybridized carbons (Fsp3) is 0.412. The minimum absolute atomic E-state index is 0.0278. The summed E-state index contributed by atoms with van der Waals surface area (Å²) >= 11 is 13.2. The van der Waals surface area contributed by atoms with Crippen LogP contribution >= 0.6 is 35.0 Å². The Kier molecular flexibility index (Phi) is 6.61. The summed E-state index contributed by atoms with van der Waals surface area (Å²) < 4.78 is 47.2. The summed E-state index contributed by atoms with van der Waals surface area (Å²) in [5, 5.41) is 2.24. The van der Waals surface area contributed by atoms with Gasteiger partial charge in [0.25, 0.3) is 0 Å². The summed E-state index contributed by atoms with van der Waals surface area (Å²) in [6.07, 6.45) is -2.83. The van der Waals surface area contributed by atoms with Crippen molar-refractivity contribution < 1.29 is 17.9 Å². The van der Waals surface area contributed by atoms with Gasteiger partial charge in [-0.1, -0.05) is 41.0 Å². The van der Waals surface area contributed by atoms with Gasteiger partial charge in [-0.05, 0) is 31.4 Å². The minimum Gasteiger partial charge on any atom is -0.338 e. The average molecular weight is 453 g/mol. The van der Waals surface area contributed by atoms with Crippen molar-refractivity contribution in [3.8, 4) is 0 Å². The van der Waals surface area contributed by atoms with Gasteiger partial charge in [0.2, 0.25) is 0 Å². The highest BCUT2D eigenvalue weighted by Gasteiger charge is 2.45. The Hall–Kier alpha value is -1.26. The number of aliphatic imine (C=N–C) groups is 2. The Morgan fingerprint density at radius 2 is 2.11 bits per heavy atom. The molecule has 1 aromatic carbocycles. The molecule has 0 amide bonds. The van der Waals surface area contributed by atoms with Crippen molar-refractivity contribution in [3.05, 3.63) is 41.1 Å². The summed E-state index contributed by atoms with van der Waals surface area (Å²) in [6, 6.07) is 4.14. The molecule has 5 nitrogen and oxygen atoms in total. The van der Waals surface area contributed by atoms with E-state index in [1.807, 2.05) is 13.0 Å². The van der Waals surface area contributed by atoms with Crippen LogP contribution in [-0.2, 0) is 4.74 Å². The second kappa shape index (κ2) is 8.62. The molecule has 0 radical (unpaired) electrons. The van der Waals surface area contributed by atoms with Crippen LogP contribution in [0.3, 0.4) is 0 Å². The highest BCUT2D eigenvalue weighted by atomic mass is 35.5. The van der Waals surface area contributed by atoms with Crippen LogP contribution in [0.25, 0.3) is 0 Å². The molecule has 0 bridgehead atoms. The molecular formula is C17H17Cl2F3N4OS. The van der Waals surface area contributed by atoms with Gasteiger partial charge in [0.15, 0.2) is 17.5 Å². The zero-order valence-electron chi connectivity index (χ0n) is 14.9. The van der Waals surface area contributed by atoms with Gasteiger partial charge in [0, 0.05) is 29.2 Å². The zero-order valence-corrected chi connectivity index (χ0v) is 17.2. The number of halogens is 5. The van der Waals surface area contributed by atoms with Gasteiger partial charge in [-0.2, -0.15) is 13.2 Å². The molecule has 1 N–H and O–H groups in total. The second-order valence-electron chi connectivity index (χ2n) is 6.15. The number of hydrogen-bond donors (Lipinski definition) is 1. The first kappa shape index (κ1) is 21.4. The van der Waals surface area contributed by atoms with Crippen LogP contribution in [0.1, 0.15) is 25.0 Å². The van der Waals surface area contributed by atoms with Crippen molar-refractivity contribution in [2.75, 3.05) is 11.3 Å². The number of alkyl halides is 3. The molecule has 0 spiro atoms. The van der Waals surface area contributed by atoms with E-state index in [-0.39, 0.29) is 34.1 Å². The van der Waals surface area contributed by atoms with E-state index in [0.717, 1.165) is 0 Å². The molecule has 2 aliphatic heterocycles. The number of rotatable bonds is 4. The number of benzene rings is 1. The highest BCUT2D eigenvalue weighted by Crippen LogP contribution is 2.42. The van der Waals surface area contributed by atoms with Crippen LogP contribution in [0.15, 0.2) is 40.5 Å². The standard InChI is InChI=1S/C17H17Cl2F3N4OS/c1-9-5-6-26(25-9)12-7-10(18)3-4-11(12)15(17(20,21)22)27-14-8-13(19)23-16(24-14)28-2/h3-7,9,14-15,25H,8H2,1-2H3. The van der Waals surface area contributed by atoms with Gasteiger partial charge in [0.1, 0.15) is 5.17 Å². The zero-order chi connectivity index (χ0) is 20.5. The molecule has 3 atom stereocenters. The van der Waals surface area contributed by atoms with Crippen LogP contribution in [0, 0.1) is 0 Å². The van der Waals surface area contributed by atoms with Crippen LogP contribution in [0.2, 0.25) is 5.02 Å². The van der Waals surface area contributed by atoms with Crippen molar-refractivity contribution in [2.45, 2.75) is 37.9 Å². The lowest BCUT2D eigenvalue weighted by molar-refractivity contribution is -0.235. The molecule has 0 saturated carbocycles. The summed E-state index contributed by atoms with van der Waals surface area (Å²) in [5.74, 6) is 0. The fourth-order valence-corrected chi connectivity index (χ4v) is 3.62. The van der Waals surface area contributed by atoms with Gasteiger partial charge < -0.3 is 4.74 Å². The van der Waals surface area contributed by atoms with Crippen molar-refractivity contribution in [2.24, 2.45) is 9.98 Å². The largest absolute Gasteiger partial charge is 0.419 e. The summed E-state index contributed by atoms with van der Waals surface area (Å²) in [6.45, 7) is 1.88. The van der Waals surface area contributed by atoms with E-state index < -0.39 is 18.5 Å². The maximum Gasteiger partial charge on any atom is 0.419 e. The topological polar surface area (TPSA) is 49.2 Å². The lowest BCUT2D eigenvalue weighted by Gasteiger charge is -2.30. The Balaban J connectivity index is 1.96. The molecule has 2 aliphatic rings. The van der Waals surface area contributed by atoms with E-state index in [9.17, 15) is 13.2 Å². The number of thioether (sulfide) groups is 1. The number of anilines is 1. The maximum absolute atomic E-state index is 13.9. The number of nitrogens with one attached hydrogen (secondary N) is 1. The lowest BCUT2D eigenvalue weighted by atomic mass is 10.1. The molecule has 1 aromatic rings. The first-order valence-electron chi connectivity index (χ1n) is 8.27. The molecule has 0 saturated heterocycles. The lowest BCUT2D eigenvalue weighted by Crippen LogP contribution is -2.36. The van der Waals surface area contributed by atoms with Crippen molar-refractivity contribution in [1.29, 1.82) is 0 Å². The Morgan fingerprint density at radius 3 is 2.71 bits per heavy atom. The molecule has 3 rings (SSSR count). The number of nitrogens with zero attached hydrogens (tertiary/aromatic N) is 3. The molecule has 11 heteroatoms. The Morgan fingerprint density at radius 1 is 1.36 bits per heavy atom. The number of ether oxygens (including phenoxy) is 1.